The minimum absolute atomic E-state index is 1.03. The first-order valence-electron chi connectivity index (χ1n) is 2.63. The van der Waals surface area contributed by atoms with Crippen LogP contribution in [0.5, 0.6) is 0 Å². The second-order valence-electron chi connectivity index (χ2n) is 2.32. The largest absolute Gasteiger partial charge is 0.0880 e. The molecule has 0 aliphatic heterocycles. The van der Waals surface area contributed by atoms with Crippen LogP contribution in [0, 0.1) is 11.8 Å². The molecule has 0 nitrogen and oxygen atoms in total. The van der Waals surface area contributed by atoms with Crippen LogP contribution in [0.25, 0.3) is 0 Å². The maximum atomic E-state index is 2.35. The Kier molecular flexibility index (Phi) is 0.331. The van der Waals surface area contributed by atoms with Gasteiger partial charge in [-0.15, -0.1) is 0 Å². The molecule has 1 saturated carbocycles. The molecule has 32 valence electrons. The molecule has 0 aromatic rings. The molecule has 2 aliphatic carbocycles. The third-order valence-corrected chi connectivity index (χ3v) is 1.80. The van der Waals surface area contributed by atoms with Crippen molar-refractivity contribution in [2.75, 3.05) is 0 Å². The summed E-state index contributed by atoms with van der Waals surface area (Å²) in [5.74, 6) is 2.13. The zero-order chi connectivity index (χ0) is 3.98. The average Bonchev–Trinajstić information content (AvgIpc) is 2.17. The highest BCUT2D eigenvalue weighted by molar-refractivity contribution is 5.11. The molecule has 0 amide bonds. The first-order chi connectivity index (χ1) is 2.97. The third kappa shape index (κ3) is 0.204. The van der Waals surface area contributed by atoms with Crippen LogP contribution >= 0.6 is 0 Å². The lowest BCUT2D eigenvalue weighted by atomic mass is 10.3. The van der Waals surface area contributed by atoms with Gasteiger partial charge in [0.15, 0.2) is 0 Å². The highest BCUT2D eigenvalue weighted by Gasteiger charge is 2.36. The molecule has 0 aromatic carbocycles. The summed E-state index contributed by atoms with van der Waals surface area (Å²) in [5, 5.41) is 0. The Balaban J connectivity index is 2.26. The van der Waals surface area contributed by atoms with Gasteiger partial charge in [-0.25, -0.2) is 0 Å². The van der Waals surface area contributed by atoms with Gasteiger partial charge in [-0.05, 0) is 24.7 Å². The van der Waals surface area contributed by atoms with E-state index in [-0.39, 0.29) is 0 Å². The summed E-state index contributed by atoms with van der Waals surface area (Å²) in [7, 11) is 0. The minimum atomic E-state index is 1.03. The molecule has 0 aromatic heterocycles. The van der Waals surface area contributed by atoms with Crippen molar-refractivity contribution in [1.82, 2.24) is 0 Å². The standard InChI is InChI=1S/C6H8/c1-2-5-4-6(5)3-1/h1-2,5-6H,3-4H2/t5-,6-/m0/s1. The Morgan fingerprint density at radius 2 is 2.50 bits per heavy atom. The highest BCUT2D eigenvalue weighted by atomic mass is 14.4. The van der Waals surface area contributed by atoms with Crippen molar-refractivity contribution in [3.63, 3.8) is 0 Å². The average molecular weight is 80.1 g/mol. The first-order valence-corrected chi connectivity index (χ1v) is 2.63. The predicted octanol–water partition coefficient (Wildman–Crippen LogP) is 1.58. The molecule has 0 radical (unpaired) electrons. The number of hydrogen-bond acceptors (Lipinski definition) is 0. The second-order valence-corrected chi connectivity index (χ2v) is 2.32. The van der Waals surface area contributed by atoms with E-state index in [1.54, 1.807) is 0 Å². The Bertz CT molecular complexity index is 92.2. The quantitative estimate of drug-likeness (QED) is 0.387. The van der Waals surface area contributed by atoms with Crippen LogP contribution in [-0.4, -0.2) is 0 Å². The Morgan fingerprint density at radius 3 is 2.67 bits per heavy atom. The highest BCUT2D eigenvalue weighted by Crippen LogP contribution is 2.46. The van der Waals surface area contributed by atoms with Crippen molar-refractivity contribution in [3.05, 3.63) is 12.2 Å². The smallest absolute Gasteiger partial charge is 0.0199 e. The fourth-order valence-electron chi connectivity index (χ4n) is 1.21. The maximum Gasteiger partial charge on any atom is -0.0199 e. The zero-order valence-corrected chi connectivity index (χ0v) is 3.72. The maximum absolute atomic E-state index is 2.35. The lowest BCUT2D eigenvalue weighted by Crippen LogP contribution is -1.61. The summed E-state index contributed by atoms with van der Waals surface area (Å²) in [6.07, 6.45) is 7.53. The van der Waals surface area contributed by atoms with Crippen LogP contribution in [0.1, 0.15) is 12.8 Å². The van der Waals surface area contributed by atoms with E-state index in [1.807, 2.05) is 0 Å². The van der Waals surface area contributed by atoms with Crippen LogP contribution in [0.2, 0.25) is 0 Å². The first kappa shape index (κ1) is 2.84. The number of hydrogen-bond donors (Lipinski definition) is 0. The lowest BCUT2D eigenvalue weighted by Gasteiger charge is -1.72. The molecular weight excluding hydrogens is 72.1 g/mol. The van der Waals surface area contributed by atoms with Crippen molar-refractivity contribution in [3.8, 4) is 0 Å². The summed E-state index contributed by atoms with van der Waals surface area (Å²) < 4.78 is 0. The van der Waals surface area contributed by atoms with Gasteiger partial charge in [0, 0.05) is 0 Å². The summed E-state index contributed by atoms with van der Waals surface area (Å²) in [4.78, 5) is 0. The monoisotopic (exact) mass is 80.1 g/mol. The fraction of sp³-hybridized carbons (Fsp3) is 0.667. The third-order valence-electron chi connectivity index (χ3n) is 1.80. The van der Waals surface area contributed by atoms with Crippen molar-refractivity contribution in [1.29, 1.82) is 0 Å². The molecule has 0 unspecified atom stereocenters. The molecule has 6 heavy (non-hydrogen) atoms. The molecule has 0 bridgehead atoms. The molecule has 2 aliphatic rings. The molecule has 0 N–H and O–H groups in total. The number of fused-ring (bicyclic) bond motifs is 1. The SMILES string of the molecule is C1=C[C@H]2C[C@@H]2C1. The summed E-state index contributed by atoms with van der Waals surface area (Å²) in [5.41, 5.74) is 0. The van der Waals surface area contributed by atoms with Crippen LogP contribution in [0.15, 0.2) is 12.2 Å². The van der Waals surface area contributed by atoms with Crippen LogP contribution < -0.4 is 0 Å². The molecular formula is C6H8. The van der Waals surface area contributed by atoms with E-state index in [0.29, 0.717) is 0 Å². The molecule has 0 heteroatoms. The summed E-state index contributed by atoms with van der Waals surface area (Å²) >= 11 is 0. The summed E-state index contributed by atoms with van der Waals surface area (Å²) in [6.45, 7) is 0. The molecule has 1 fully saturated rings. The van der Waals surface area contributed by atoms with Crippen molar-refractivity contribution >= 4 is 0 Å². The van der Waals surface area contributed by atoms with E-state index < -0.39 is 0 Å². The van der Waals surface area contributed by atoms with Gasteiger partial charge in [-0.1, -0.05) is 12.2 Å². The number of rotatable bonds is 0. The molecule has 2 atom stereocenters. The van der Waals surface area contributed by atoms with Crippen molar-refractivity contribution < 1.29 is 0 Å². The van der Waals surface area contributed by atoms with Crippen LogP contribution in [0.3, 0.4) is 0 Å². The topological polar surface area (TPSA) is 0 Å². The number of allylic oxidation sites excluding steroid dienone is 2. The van der Waals surface area contributed by atoms with Gasteiger partial charge >= 0.3 is 0 Å². The van der Waals surface area contributed by atoms with E-state index >= 15 is 0 Å². The molecule has 0 heterocycles. The Morgan fingerprint density at radius 1 is 1.50 bits per heavy atom. The van der Waals surface area contributed by atoms with E-state index in [4.69, 9.17) is 0 Å². The Labute approximate surface area is 37.9 Å². The van der Waals surface area contributed by atoms with Crippen molar-refractivity contribution in [2.45, 2.75) is 12.8 Å². The van der Waals surface area contributed by atoms with E-state index in [0.717, 1.165) is 11.8 Å². The van der Waals surface area contributed by atoms with E-state index in [2.05, 4.69) is 12.2 Å². The van der Waals surface area contributed by atoms with Gasteiger partial charge in [0.25, 0.3) is 0 Å². The normalized spacial score (nSPS) is 49.3. The van der Waals surface area contributed by atoms with Crippen LogP contribution in [0.4, 0.5) is 0 Å². The van der Waals surface area contributed by atoms with Crippen LogP contribution in [-0.2, 0) is 0 Å². The molecule has 0 saturated heterocycles. The van der Waals surface area contributed by atoms with Gasteiger partial charge in [0.2, 0.25) is 0 Å². The molecule has 0 spiro atoms. The molecule has 2 rings (SSSR count). The van der Waals surface area contributed by atoms with E-state index in [1.165, 1.54) is 12.8 Å². The summed E-state index contributed by atoms with van der Waals surface area (Å²) in [6, 6.07) is 0. The lowest BCUT2D eigenvalue weighted by molar-refractivity contribution is 0.855. The second kappa shape index (κ2) is 0.699. The van der Waals surface area contributed by atoms with E-state index in [9.17, 15) is 0 Å². The predicted molar refractivity (Wildman–Crippen MR) is 25.4 cm³/mol. The minimum Gasteiger partial charge on any atom is -0.0880 e. The van der Waals surface area contributed by atoms with Gasteiger partial charge in [-0.2, -0.15) is 0 Å². The van der Waals surface area contributed by atoms with Gasteiger partial charge in [-0.3, -0.25) is 0 Å². The van der Waals surface area contributed by atoms with Gasteiger partial charge in [0.05, 0.1) is 0 Å². The Hall–Kier alpha value is -0.260. The zero-order valence-electron chi connectivity index (χ0n) is 3.72. The fourth-order valence-corrected chi connectivity index (χ4v) is 1.21. The van der Waals surface area contributed by atoms with Gasteiger partial charge < -0.3 is 0 Å². The van der Waals surface area contributed by atoms with Gasteiger partial charge in [0.1, 0.15) is 0 Å². The van der Waals surface area contributed by atoms with Crippen molar-refractivity contribution in [2.24, 2.45) is 11.8 Å².